The Morgan fingerprint density at radius 1 is 1.21 bits per heavy atom. The summed E-state index contributed by atoms with van der Waals surface area (Å²) in [6.45, 7) is 0. The van der Waals surface area contributed by atoms with E-state index < -0.39 is 6.36 Å². The molecule has 1 aromatic rings. The Morgan fingerprint density at radius 2 is 1.89 bits per heavy atom. The molecule has 5 heteroatoms. The molecule has 2 unspecified atom stereocenters. The minimum absolute atomic E-state index is 0.0230. The molecule has 19 heavy (non-hydrogen) atoms. The molecule has 0 aromatic heterocycles. The highest BCUT2D eigenvalue weighted by atomic mass is 19.4. The second-order valence-corrected chi connectivity index (χ2v) is 5.22. The van der Waals surface area contributed by atoms with Crippen molar-refractivity contribution in [2.24, 2.45) is 17.8 Å². The zero-order valence-corrected chi connectivity index (χ0v) is 10.1. The van der Waals surface area contributed by atoms with E-state index in [4.69, 9.17) is 0 Å². The van der Waals surface area contributed by atoms with Crippen molar-refractivity contribution in [3.05, 3.63) is 29.8 Å². The maximum absolute atomic E-state index is 12.2. The van der Waals surface area contributed by atoms with E-state index in [9.17, 15) is 18.0 Å². The first-order chi connectivity index (χ1) is 8.96. The van der Waals surface area contributed by atoms with Gasteiger partial charge in [0.2, 0.25) is 0 Å². The van der Waals surface area contributed by atoms with Crippen LogP contribution in [0, 0.1) is 17.8 Å². The second-order valence-electron chi connectivity index (χ2n) is 5.22. The van der Waals surface area contributed by atoms with E-state index in [1.54, 1.807) is 6.07 Å². The summed E-state index contributed by atoms with van der Waals surface area (Å²) in [4.78, 5) is 12.2. The molecule has 0 bridgehead atoms. The third-order valence-corrected chi connectivity index (χ3v) is 4.06. The standard InChI is InChI=1S/C14H13F3O2/c15-14(16,17)19-9-4-1-3-8(7-9)13(18)12-10-5-2-6-11(10)12/h1,3-4,7,10-12H,2,5-6H2. The van der Waals surface area contributed by atoms with E-state index in [0.29, 0.717) is 17.4 Å². The molecule has 0 saturated heterocycles. The third-order valence-electron chi connectivity index (χ3n) is 4.06. The van der Waals surface area contributed by atoms with Crippen LogP contribution in [0.4, 0.5) is 13.2 Å². The highest BCUT2D eigenvalue weighted by Gasteiger charge is 2.56. The Morgan fingerprint density at radius 3 is 2.53 bits per heavy atom. The van der Waals surface area contributed by atoms with E-state index in [-0.39, 0.29) is 17.5 Å². The lowest BCUT2D eigenvalue weighted by atomic mass is 10.0. The molecule has 2 fully saturated rings. The Kier molecular flexibility index (Phi) is 2.80. The molecule has 0 spiro atoms. The van der Waals surface area contributed by atoms with Gasteiger partial charge >= 0.3 is 6.36 Å². The molecular weight excluding hydrogens is 257 g/mol. The molecule has 0 N–H and O–H groups in total. The third kappa shape index (κ3) is 2.46. The summed E-state index contributed by atoms with van der Waals surface area (Å²) in [6, 6.07) is 5.37. The maximum Gasteiger partial charge on any atom is 0.573 e. The number of ether oxygens (including phenoxy) is 1. The number of carbonyl (C=O) groups excluding carboxylic acids is 1. The number of ketones is 1. The second kappa shape index (κ2) is 4.25. The quantitative estimate of drug-likeness (QED) is 0.780. The van der Waals surface area contributed by atoms with Gasteiger partial charge in [-0.25, -0.2) is 0 Å². The van der Waals surface area contributed by atoms with Crippen LogP contribution < -0.4 is 4.74 Å². The van der Waals surface area contributed by atoms with Gasteiger partial charge in [0.25, 0.3) is 0 Å². The van der Waals surface area contributed by atoms with Crippen molar-refractivity contribution in [1.29, 1.82) is 0 Å². The highest BCUT2D eigenvalue weighted by molar-refractivity contribution is 6.00. The smallest absolute Gasteiger partial charge is 0.406 e. The molecule has 0 amide bonds. The van der Waals surface area contributed by atoms with Crippen molar-refractivity contribution in [3.63, 3.8) is 0 Å². The summed E-state index contributed by atoms with van der Waals surface area (Å²) in [5, 5.41) is 0. The van der Waals surface area contributed by atoms with Crippen molar-refractivity contribution >= 4 is 5.78 Å². The first kappa shape index (κ1) is 12.5. The van der Waals surface area contributed by atoms with Gasteiger partial charge in [0.15, 0.2) is 5.78 Å². The van der Waals surface area contributed by atoms with Gasteiger partial charge in [0.1, 0.15) is 5.75 Å². The van der Waals surface area contributed by atoms with E-state index >= 15 is 0 Å². The summed E-state index contributed by atoms with van der Waals surface area (Å²) in [6.07, 6.45) is -1.42. The van der Waals surface area contributed by atoms with Crippen LogP contribution in [0.2, 0.25) is 0 Å². The van der Waals surface area contributed by atoms with E-state index in [0.717, 1.165) is 19.3 Å². The first-order valence-corrected chi connectivity index (χ1v) is 6.36. The molecule has 2 nitrogen and oxygen atoms in total. The van der Waals surface area contributed by atoms with Crippen LogP contribution >= 0.6 is 0 Å². The fourth-order valence-electron chi connectivity index (χ4n) is 3.25. The van der Waals surface area contributed by atoms with Crippen molar-refractivity contribution < 1.29 is 22.7 Å². The van der Waals surface area contributed by atoms with Crippen molar-refractivity contribution in [2.45, 2.75) is 25.6 Å². The number of hydrogen-bond donors (Lipinski definition) is 0. The molecule has 2 aliphatic carbocycles. The number of hydrogen-bond acceptors (Lipinski definition) is 2. The van der Waals surface area contributed by atoms with Gasteiger partial charge < -0.3 is 4.74 Å². The number of Topliss-reactive ketones (excluding diaryl/α,β-unsaturated/α-hetero) is 1. The lowest BCUT2D eigenvalue weighted by molar-refractivity contribution is -0.274. The van der Waals surface area contributed by atoms with Crippen LogP contribution in [0.1, 0.15) is 29.6 Å². The number of benzene rings is 1. The Labute approximate surface area is 108 Å². The normalized spacial score (nSPS) is 28.9. The van der Waals surface area contributed by atoms with Gasteiger partial charge in [-0.1, -0.05) is 18.6 Å². The molecular formula is C14H13F3O2. The van der Waals surface area contributed by atoms with Gasteiger partial charge in [0, 0.05) is 11.5 Å². The van der Waals surface area contributed by atoms with Gasteiger partial charge in [-0.05, 0) is 36.8 Å². The molecule has 2 saturated carbocycles. The average Bonchev–Trinajstić information content (AvgIpc) is 2.79. The highest BCUT2D eigenvalue weighted by Crippen LogP contribution is 2.58. The van der Waals surface area contributed by atoms with Crippen LogP contribution in [-0.4, -0.2) is 12.1 Å². The van der Waals surface area contributed by atoms with Crippen molar-refractivity contribution in [2.75, 3.05) is 0 Å². The van der Waals surface area contributed by atoms with E-state index in [2.05, 4.69) is 4.74 Å². The number of fused-ring (bicyclic) bond motifs is 1. The first-order valence-electron chi connectivity index (χ1n) is 6.36. The van der Waals surface area contributed by atoms with Crippen LogP contribution in [0.5, 0.6) is 5.75 Å². The summed E-state index contributed by atoms with van der Waals surface area (Å²) in [7, 11) is 0. The average molecular weight is 270 g/mol. The fraction of sp³-hybridized carbons (Fsp3) is 0.500. The van der Waals surface area contributed by atoms with Crippen LogP contribution in [0.15, 0.2) is 24.3 Å². The number of alkyl halides is 3. The SMILES string of the molecule is O=C(c1cccc(OC(F)(F)F)c1)C1C2CCCC21. The van der Waals surface area contributed by atoms with Crippen molar-refractivity contribution in [1.82, 2.24) is 0 Å². The predicted molar refractivity (Wildman–Crippen MR) is 61.8 cm³/mol. The molecule has 0 heterocycles. The largest absolute Gasteiger partial charge is 0.573 e. The minimum atomic E-state index is -4.72. The number of rotatable bonds is 3. The van der Waals surface area contributed by atoms with Crippen LogP contribution in [0.3, 0.4) is 0 Å². The maximum atomic E-state index is 12.2. The molecule has 102 valence electrons. The Hall–Kier alpha value is -1.52. The minimum Gasteiger partial charge on any atom is -0.406 e. The lowest BCUT2D eigenvalue weighted by Gasteiger charge is -2.10. The summed E-state index contributed by atoms with van der Waals surface area (Å²) in [5.74, 6) is 0.570. The van der Waals surface area contributed by atoms with Gasteiger partial charge in [-0.2, -0.15) is 0 Å². The molecule has 0 radical (unpaired) electrons. The van der Waals surface area contributed by atoms with E-state index in [1.165, 1.54) is 18.2 Å². The molecule has 0 aliphatic heterocycles. The molecule has 2 atom stereocenters. The molecule has 3 rings (SSSR count). The zero-order chi connectivity index (χ0) is 13.6. The molecule has 1 aromatic carbocycles. The van der Waals surface area contributed by atoms with Crippen LogP contribution in [0.25, 0.3) is 0 Å². The van der Waals surface area contributed by atoms with Crippen molar-refractivity contribution in [3.8, 4) is 5.75 Å². The summed E-state index contributed by atoms with van der Waals surface area (Å²) < 4.78 is 40.2. The van der Waals surface area contributed by atoms with Gasteiger partial charge in [0.05, 0.1) is 0 Å². The van der Waals surface area contributed by atoms with Gasteiger partial charge in [-0.15, -0.1) is 13.2 Å². The number of carbonyl (C=O) groups is 1. The summed E-state index contributed by atoms with van der Waals surface area (Å²) >= 11 is 0. The van der Waals surface area contributed by atoms with Crippen LogP contribution in [-0.2, 0) is 0 Å². The monoisotopic (exact) mass is 270 g/mol. The molecule has 2 aliphatic rings. The Balaban J connectivity index is 1.74. The predicted octanol–water partition coefficient (Wildman–Crippen LogP) is 3.81. The fourth-order valence-corrected chi connectivity index (χ4v) is 3.25. The lowest BCUT2D eigenvalue weighted by Crippen LogP contribution is -2.17. The van der Waals surface area contributed by atoms with Gasteiger partial charge in [-0.3, -0.25) is 4.79 Å². The number of halogens is 3. The zero-order valence-electron chi connectivity index (χ0n) is 10.1. The van der Waals surface area contributed by atoms with E-state index in [1.807, 2.05) is 0 Å². The summed E-state index contributed by atoms with van der Waals surface area (Å²) in [5.41, 5.74) is 0.321. The topological polar surface area (TPSA) is 26.3 Å². The Bertz CT molecular complexity index is 500.